The van der Waals surface area contributed by atoms with E-state index in [0.29, 0.717) is 5.56 Å². The Morgan fingerprint density at radius 2 is 1.55 bits per heavy atom. The summed E-state index contributed by atoms with van der Waals surface area (Å²) in [7, 11) is 0. The number of aryl methyl sites for hydroxylation is 1. The Balaban J connectivity index is -0.000000535. The van der Waals surface area contributed by atoms with Gasteiger partial charge in [-0.05, 0) is 25.1 Å². The molecule has 0 saturated heterocycles. The summed E-state index contributed by atoms with van der Waals surface area (Å²) in [6, 6.07) is 3.70. The maximum absolute atomic E-state index is 12.6. The second kappa shape index (κ2) is 14.2. The first-order valence-corrected chi connectivity index (χ1v) is 7.46. The van der Waals surface area contributed by atoms with Crippen molar-refractivity contribution in [2.45, 2.75) is 54.6 Å². The molecule has 0 unspecified atom stereocenters. The molecule has 0 fully saturated rings. The Morgan fingerprint density at radius 3 is 1.91 bits per heavy atom. The standard InChI is InChI=1S/C11H10F3NO.3C2H6/c1-3-10(16)15-9-5-4-7(2)6-8(9)11(12,13)14;3*1-2/h3-6H,1H2,2H3,(H,15,16);3*1-2H3. The molecule has 0 aromatic heterocycles. The van der Waals surface area contributed by atoms with Crippen LogP contribution >= 0.6 is 0 Å². The van der Waals surface area contributed by atoms with Gasteiger partial charge in [-0.1, -0.05) is 59.8 Å². The third kappa shape index (κ3) is 10.0. The number of halogens is 3. The predicted octanol–water partition coefficient (Wildman–Crippen LogP) is 6.22. The smallest absolute Gasteiger partial charge is 0.322 e. The van der Waals surface area contributed by atoms with Gasteiger partial charge in [0.2, 0.25) is 5.91 Å². The Bertz CT molecular complexity index is 426. The van der Waals surface area contributed by atoms with Crippen molar-refractivity contribution in [3.63, 3.8) is 0 Å². The van der Waals surface area contributed by atoms with Gasteiger partial charge in [0.15, 0.2) is 0 Å². The number of carbonyl (C=O) groups excluding carboxylic acids is 1. The van der Waals surface area contributed by atoms with E-state index in [1.165, 1.54) is 12.1 Å². The van der Waals surface area contributed by atoms with E-state index in [2.05, 4.69) is 11.9 Å². The fourth-order valence-corrected chi connectivity index (χ4v) is 1.19. The molecule has 1 amide bonds. The molecule has 0 radical (unpaired) electrons. The van der Waals surface area contributed by atoms with E-state index in [4.69, 9.17) is 0 Å². The zero-order valence-electron chi connectivity index (χ0n) is 14.6. The maximum Gasteiger partial charge on any atom is 0.418 e. The fourth-order valence-electron chi connectivity index (χ4n) is 1.19. The lowest BCUT2D eigenvalue weighted by Crippen LogP contribution is -2.14. The molecular weight excluding hydrogens is 291 g/mol. The Kier molecular flexibility index (Phi) is 16.2. The molecular formula is C17H28F3NO. The molecule has 2 nitrogen and oxygen atoms in total. The fraction of sp³-hybridized carbons (Fsp3) is 0.471. The Hall–Kier alpha value is -1.78. The molecule has 1 rings (SSSR count). The van der Waals surface area contributed by atoms with Gasteiger partial charge in [0.25, 0.3) is 0 Å². The molecule has 22 heavy (non-hydrogen) atoms. The van der Waals surface area contributed by atoms with E-state index >= 15 is 0 Å². The van der Waals surface area contributed by atoms with Crippen molar-refractivity contribution in [3.8, 4) is 0 Å². The molecule has 128 valence electrons. The molecule has 0 bridgehead atoms. The van der Waals surface area contributed by atoms with Crippen molar-refractivity contribution in [2.75, 3.05) is 5.32 Å². The van der Waals surface area contributed by atoms with Crippen molar-refractivity contribution in [3.05, 3.63) is 42.0 Å². The van der Waals surface area contributed by atoms with Gasteiger partial charge < -0.3 is 5.32 Å². The minimum Gasteiger partial charge on any atom is -0.322 e. The molecule has 0 spiro atoms. The SMILES string of the molecule is C=CC(=O)Nc1ccc(C)cc1C(F)(F)F.CC.CC.CC. The summed E-state index contributed by atoms with van der Waals surface area (Å²) in [5, 5.41) is 2.12. The number of rotatable bonds is 2. The van der Waals surface area contributed by atoms with E-state index in [1.807, 2.05) is 41.5 Å². The van der Waals surface area contributed by atoms with Gasteiger partial charge in [-0.15, -0.1) is 0 Å². The number of hydrogen-bond acceptors (Lipinski definition) is 1. The Morgan fingerprint density at radius 1 is 1.09 bits per heavy atom. The predicted molar refractivity (Wildman–Crippen MR) is 89.1 cm³/mol. The molecule has 0 aliphatic carbocycles. The first kappa shape index (κ1) is 25.2. The lowest BCUT2D eigenvalue weighted by atomic mass is 10.1. The van der Waals surface area contributed by atoms with Gasteiger partial charge in [0, 0.05) is 0 Å². The summed E-state index contributed by atoms with van der Waals surface area (Å²) in [4.78, 5) is 10.9. The van der Waals surface area contributed by atoms with Crippen molar-refractivity contribution in [2.24, 2.45) is 0 Å². The molecule has 0 atom stereocenters. The molecule has 0 heterocycles. The van der Waals surface area contributed by atoms with Gasteiger partial charge in [0.05, 0.1) is 11.3 Å². The Labute approximate surface area is 132 Å². The highest BCUT2D eigenvalue weighted by Crippen LogP contribution is 2.35. The molecule has 1 N–H and O–H groups in total. The van der Waals surface area contributed by atoms with Crippen LogP contribution in [-0.2, 0) is 11.0 Å². The highest BCUT2D eigenvalue weighted by Gasteiger charge is 2.33. The normalized spacial score (nSPS) is 8.82. The summed E-state index contributed by atoms with van der Waals surface area (Å²) < 4.78 is 37.8. The van der Waals surface area contributed by atoms with Crippen molar-refractivity contribution in [1.82, 2.24) is 0 Å². The van der Waals surface area contributed by atoms with Gasteiger partial charge >= 0.3 is 6.18 Å². The van der Waals surface area contributed by atoms with Crippen LogP contribution in [-0.4, -0.2) is 5.91 Å². The summed E-state index contributed by atoms with van der Waals surface area (Å²) in [5.74, 6) is -0.672. The van der Waals surface area contributed by atoms with Crippen LogP contribution in [0.3, 0.4) is 0 Å². The lowest BCUT2D eigenvalue weighted by Gasteiger charge is -2.13. The average Bonchev–Trinajstić information content (AvgIpc) is 2.53. The van der Waals surface area contributed by atoms with Gasteiger partial charge in [-0.2, -0.15) is 13.2 Å². The quantitative estimate of drug-likeness (QED) is 0.644. The zero-order chi connectivity index (χ0) is 18.3. The molecule has 1 aromatic rings. The van der Waals surface area contributed by atoms with E-state index < -0.39 is 17.6 Å². The third-order valence-electron chi connectivity index (χ3n) is 1.92. The number of hydrogen-bond donors (Lipinski definition) is 1. The number of amides is 1. The number of anilines is 1. The second-order valence-corrected chi connectivity index (χ2v) is 3.24. The average molecular weight is 319 g/mol. The largest absolute Gasteiger partial charge is 0.418 e. The number of alkyl halides is 3. The van der Waals surface area contributed by atoms with Gasteiger partial charge in [0.1, 0.15) is 0 Å². The van der Waals surface area contributed by atoms with Crippen molar-refractivity contribution < 1.29 is 18.0 Å². The summed E-state index contributed by atoms with van der Waals surface area (Å²) in [6.07, 6.45) is -3.57. The first-order valence-electron chi connectivity index (χ1n) is 7.46. The number of carbonyl (C=O) groups is 1. The minimum absolute atomic E-state index is 0.261. The van der Waals surface area contributed by atoms with Gasteiger partial charge in [-0.3, -0.25) is 4.79 Å². The summed E-state index contributed by atoms with van der Waals surface area (Å²) in [5.41, 5.74) is -0.644. The maximum atomic E-state index is 12.6. The van der Waals surface area contributed by atoms with Crippen LogP contribution in [0.25, 0.3) is 0 Å². The topological polar surface area (TPSA) is 29.1 Å². The zero-order valence-corrected chi connectivity index (χ0v) is 14.6. The monoisotopic (exact) mass is 319 g/mol. The summed E-state index contributed by atoms with van der Waals surface area (Å²) >= 11 is 0. The molecule has 0 aliphatic heterocycles. The van der Waals surface area contributed by atoms with Crippen LogP contribution in [0.4, 0.5) is 18.9 Å². The van der Waals surface area contributed by atoms with E-state index in [1.54, 1.807) is 6.92 Å². The highest BCUT2D eigenvalue weighted by molar-refractivity contribution is 5.99. The third-order valence-corrected chi connectivity index (χ3v) is 1.92. The molecule has 0 aliphatic rings. The summed E-state index contributed by atoms with van der Waals surface area (Å²) in [6.45, 7) is 16.7. The number of nitrogens with one attached hydrogen (secondary N) is 1. The first-order chi connectivity index (χ1) is 10.3. The minimum atomic E-state index is -4.49. The number of benzene rings is 1. The van der Waals surface area contributed by atoms with Crippen molar-refractivity contribution in [1.29, 1.82) is 0 Å². The van der Waals surface area contributed by atoms with Crippen molar-refractivity contribution >= 4 is 11.6 Å². The van der Waals surface area contributed by atoms with E-state index in [-0.39, 0.29) is 5.69 Å². The van der Waals surface area contributed by atoms with Crippen LogP contribution in [0, 0.1) is 6.92 Å². The van der Waals surface area contributed by atoms with Crippen LogP contribution in [0.1, 0.15) is 52.7 Å². The van der Waals surface area contributed by atoms with Crippen LogP contribution in [0.2, 0.25) is 0 Å². The molecule has 0 saturated carbocycles. The highest BCUT2D eigenvalue weighted by atomic mass is 19.4. The molecule has 1 aromatic carbocycles. The molecule has 5 heteroatoms. The second-order valence-electron chi connectivity index (χ2n) is 3.24. The van der Waals surface area contributed by atoms with E-state index in [0.717, 1.165) is 12.1 Å². The van der Waals surface area contributed by atoms with E-state index in [9.17, 15) is 18.0 Å². The lowest BCUT2D eigenvalue weighted by molar-refractivity contribution is -0.137. The van der Waals surface area contributed by atoms with Crippen LogP contribution in [0.5, 0.6) is 0 Å². The van der Waals surface area contributed by atoms with Crippen LogP contribution < -0.4 is 5.32 Å². The van der Waals surface area contributed by atoms with Gasteiger partial charge in [-0.25, -0.2) is 0 Å². The van der Waals surface area contributed by atoms with Crippen LogP contribution in [0.15, 0.2) is 30.9 Å².